The number of ketones is 1. The Balaban J connectivity index is 1.40. The first kappa shape index (κ1) is 20.5. The van der Waals surface area contributed by atoms with E-state index in [1.807, 2.05) is 53.1 Å². The fourth-order valence-corrected chi connectivity index (χ4v) is 4.70. The number of carbonyl (C=O) groups excluding carboxylic acids is 2. The van der Waals surface area contributed by atoms with Crippen molar-refractivity contribution in [1.82, 2.24) is 9.88 Å². The monoisotopic (exact) mass is 430 g/mol. The van der Waals surface area contributed by atoms with Gasteiger partial charge in [0.05, 0.1) is 24.3 Å². The van der Waals surface area contributed by atoms with Crippen LogP contribution >= 0.6 is 0 Å². The van der Waals surface area contributed by atoms with Crippen LogP contribution in [0.1, 0.15) is 34.5 Å². The maximum absolute atomic E-state index is 13.0. The quantitative estimate of drug-likeness (QED) is 0.408. The largest absolute Gasteiger partial charge is 0.475 e. The molecule has 0 saturated carbocycles. The molecule has 2 aromatic carbocycles. The van der Waals surface area contributed by atoms with E-state index in [4.69, 9.17) is 4.42 Å². The number of aryl methyl sites for hydroxylation is 1. The van der Waals surface area contributed by atoms with Crippen molar-refractivity contribution in [2.24, 2.45) is 0 Å². The number of amides is 1. The highest BCUT2D eigenvalue weighted by atomic mass is 16.4. The molecule has 0 radical (unpaired) electrons. The first-order chi connectivity index (χ1) is 15.5. The van der Waals surface area contributed by atoms with Crippen LogP contribution in [0.3, 0.4) is 0 Å². The molecule has 0 saturated heterocycles. The van der Waals surface area contributed by atoms with Crippen molar-refractivity contribution in [3.05, 3.63) is 71.6 Å². The summed E-state index contributed by atoms with van der Waals surface area (Å²) in [7, 11) is -1.74. The van der Waals surface area contributed by atoms with Gasteiger partial charge in [0.15, 0.2) is 5.78 Å². The Hall–Kier alpha value is -3.36. The van der Waals surface area contributed by atoms with Crippen LogP contribution in [0.2, 0.25) is 0 Å². The molecule has 3 N–H and O–H groups in total. The molecule has 1 atom stereocenters. The molecule has 8 heteroatoms. The maximum atomic E-state index is 13.0. The molecular formula is C24H23BN2O5. The molecule has 4 aromatic rings. The average Bonchev–Trinajstić information content (AvgIpc) is 3.34. The van der Waals surface area contributed by atoms with Crippen LogP contribution in [0.15, 0.2) is 59.2 Å². The molecule has 5 rings (SSSR count). The van der Waals surface area contributed by atoms with Gasteiger partial charge in [0.1, 0.15) is 5.58 Å². The summed E-state index contributed by atoms with van der Waals surface area (Å²) >= 11 is 0. The minimum absolute atomic E-state index is 0.00998. The normalized spacial score (nSPS) is 14.5. The number of benzene rings is 2. The van der Waals surface area contributed by atoms with Gasteiger partial charge < -0.3 is 24.3 Å². The number of para-hydroxylation sites is 2. The number of aromatic nitrogens is 1. The number of fused-ring (bicyclic) bond motifs is 4. The molecule has 32 heavy (non-hydrogen) atoms. The third-order valence-corrected chi connectivity index (χ3v) is 6.17. The lowest BCUT2D eigenvalue weighted by Crippen LogP contribution is -2.48. The Labute approximate surface area is 184 Å². The lowest BCUT2D eigenvalue weighted by atomic mass is 9.75. The van der Waals surface area contributed by atoms with Crippen LogP contribution in [-0.2, 0) is 24.2 Å². The predicted octanol–water partition coefficient (Wildman–Crippen LogP) is 2.65. The second-order valence-electron chi connectivity index (χ2n) is 8.25. The third kappa shape index (κ3) is 3.61. The van der Waals surface area contributed by atoms with Crippen LogP contribution in [-0.4, -0.2) is 39.4 Å². The van der Waals surface area contributed by atoms with E-state index in [9.17, 15) is 19.6 Å². The maximum Gasteiger partial charge on any atom is 0.475 e. The predicted molar refractivity (Wildman–Crippen MR) is 121 cm³/mol. The van der Waals surface area contributed by atoms with Crippen LogP contribution in [0.5, 0.6) is 0 Å². The van der Waals surface area contributed by atoms with Gasteiger partial charge in [0, 0.05) is 29.3 Å². The summed E-state index contributed by atoms with van der Waals surface area (Å²) in [6.45, 7) is 0.745. The van der Waals surface area contributed by atoms with Gasteiger partial charge in [-0.15, -0.1) is 0 Å². The first-order valence-corrected chi connectivity index (χ1v) is 10.8. The topological polar surface area (TPSA) is 105 Å². The summed E-state index contributed by atoms with van der Waals surface area (Å²) in [6, 6.07) is 15.2. The van der Waals surface area contributed by atoms with Gasteiger partial charge in [-0.2, -0.15) is 0 Å². The Morgan fingerprint density at radius 3 is 2.69 bits per heavy atom. The van der Waals surface area contributed by atoms with E-state index in [-0.39, 0.29) is 24.5 Å². The number of nitrogens with zero attached hydrogens (tertiary/aromatic N) is 1. The van der Waals surface area contributed by atoms with Crippen molar-refractivity contribution in [1.29, 1.82) is 0 Å². The highest BCUT2D eigenvalue weighted by molar-refractivity contribution is 6.43. The van der Waals surface area contributed by atoms with Crippen LogP contribution < -0.4 is 5.32 Å². The molecule has 1 unspecified atom stereocenters. The number of hydrogen-bond acceptors (Lipinski definition) is 5. The summed E-state index contributed by atoms with van der Waals surface area (Å²) in [6.07, 6.45) is 3.02. The highest BCUT2D eigenvalue weighted by Gasteiger charge is 2.30. The second kappa shape index (κ2) is 8.29. The Bertz CT molecular complexity index is 1320. The molecule has 0 spiro atoms. The van der Waals surface area contributed by atoms with Crippen LogP contribution in [0.25, 0.3) is 21.9 Å². The zero-order valence-corrected chi connectivity index (χ0v) is 17.5. The zero-order valence-electron chi connectivity index (χ0n) is 17.5. The molecule has 0 fully saturated rings. The zero-order chi connectivity index (χ0) is 22.2. The van der Waals surface area contributed by atoms with E-state index in [0.717, 1.165) is 34.8 Å². The molecule has 162 valence electrons. The van der Waals surface area contributed by atoms with Gasteiger partial charge in [-0.05, 0) is 36.1 Å². The summed E-state index contributed by atoms with van der Waals surface area (Å²) in [4.78, 5) is 25.7. The van der Waals surface area contributed by atoms with Crippen LogP contribution in [0, 0.1) is 0 Å². The summed E-state index contributed by atoms with van der Waals surface area (Å²) in [5.41, 5.74) is 3.71. The molecule has 1 aliphatic rings. The van der Waals surface area contributed by atoms with Gasteiger partial charge in [-0.25, -0.2) is 0 Å². The fourth-order valence-electron chi connectivity index (χ4n) is 4.70. The van der Waals surface area contributed by atoms with Gasteiger partial charge in [0.2, 0.25) is 5.91 Å². The Kier molecular flexibility index (Phi) is 5.32. The molecule has 0 aliphatic carbocycles. The molecule has 0 bridgehead atoms. The van der Waals surface area contributed by atoms with E-state index in [1.54, 1.807) is 6.26 Å². The number of nitrogens with one attached hydrogen (secondary N) is 1. The number of rotatable bonds is 6. The highest BCUT2D eigenvalue weighted by Crippen LogP contribution is 2.31. The molecule has 7 nitrogen and oxygen atoms in total. The van der Waals surface area contributed by atoms with E-state index in [1.165, 1.54) is 0 Å². The summed E-state index contributed by atoms with van der Waals surface area (Å²) < 4.78 is 7.53. The summed E-state index contributed by atoms with van der Waals surface area (Å²) in [5.74, 6) is -1.24. The van der Waals surface area contributed by atoms with Gasteiger partial charge in [-0.3, -0.25) is 9.59 Å². The lowest BCUT2D eigenvalue weighted by molar-refractivity contribution is -0.120. The lowest BCUT2D eigenvalue weighted by Gasteiger charge is -2.18. The van der Waals surface area contributed by atoms with E-state index >= 15 is 0 Å². The number of carbonyl (C=O) groups is 2. The van der Waals surface area contributed by atoms with Crippen molar-refractivity contribution >= 4 is 40.7 Å². The number of hydrogen-bond donors (Lipinski definition) is 3. The average molecular weight is 430 g/mol. The fraction of sp³-hybridized carbons (Fsp3) is 0.250. The molecule has 1 amide bonds. The SMILES string of the molecule is O=C(Cc1c2n(c3ccccc13)CCCC2=O)NC(Cc1coc2ccccc12)B(O)O. The van der Waals surface area contributed by atoms with Crippen molar-refractivity contribution in [3.8, 4) is 0 Å². The van der Waals surface area contributed by atoms with E-state index < -0.39 is 13.1 Å². The Morgan fingerprint density at radius 1 is 1.12 bits per heavy atom. The standard InChI is InChI=1S/C24H23BN2O5/c28-20-9-5-11-27-19-8-3-1-7-17(19)18(24(20)27)13-23(29)26-22(25(30)31)12-15-14-32-21-10-4-2-6-16(15)21/h1-4,6-8,10,14,22,30-31H,5,9,11-13H2,(H,26,29). The molecule has 1 aliphatic heterocycles. The van der Waals surface area contributed by atoms with Gasteiger partial charge >= 0.3 is 7.12 Å². The molecular weight excluding hydrogens is 407 g/mol. The molecule has 3 heterocycles. The van der Waals surface area contributed by atoms with Crippen molar-refractivity contribution in [3.63, 3.8) is 0 Å². The Morgan fingerprint density at radius 2 is 1.88 bits per heavy atom. The van der Waals surface area contributed by atoms with Crippen molar-refractivity contribution in [2.75, 3.05) is 0 Å². The molecule has 2 aromatic heterocycles. The van der Waals surface area contributed by atoms with Gasteiger partial charge in [-0.1, -0.05) is 36.4 Å². The second-order valence-corrected chi connectivity index (χ2v) is 8.25. The third-order valence-electron chi connectivity index (χ3n) is 6.17. The van der Waals surface area contributed by atoms with E-state index in [2.05, 4.69) is 5.32 Å². The van der Waals surface area contributed by atoms with Crippen molar-refractivity contribution < 1.29 is 24.1 Å². The number of Topliss-reactive ketones (excluding diaryl/α,β-unsaturated/α-hetero) is 1. The number of furan rings is 1. The minimum atomic E-state index is -1.74. The minimum Gasteiger partial charge on any atom is -0.464 e. The smallest absolute Gasteiger partial charge is 0.464 e. The van der Waals surface area contributed by atoms with Crippen molar-refractivity contribution in [2.45, 2.75) is 38.2 Å². The van der Waals surface area contributed by atoms with Gasteiger partial charge in [0.25, 0.3) is 0 Å². The summed E-state index contributed by atoms with van der Waals surface area (Å²) in [5, 5.41) is 24.3. The first-order valence-electron chi connectivity index (χ1n) is 10.8. The van der Waals surface area contributed by atoms with Crippen LogP contribution in [0.4, 0.5) is 0 Å². The van der Waals surface area contributed by atoms with E-state index in [0.29, 0.717) is 23.3 Å².